The summed E-state index contributed by atoms with van der Waals surface area (Å²) in [6.07, 6.45) is 4.84. The highest BCUT2D eigenvalue weighted by atomic mass is 16.5. The molecule has 1 aromatic carbocycles. The molecule has 0 radical (unpaired) electrons. The van der Waals surface area contributed by atoms with Gasteiger partial charge < -0.3 is 14.6 Å². The first-order valence-corrected chi connectivity index (χ1v) is 9.31. The maximum absolute atomic E-state index is 12.8. The van der Waals surface area contributed by atoms with E-state index >= 15 is 0 Å². The number of pyridine rings is 1. The molecule has 1 amide bonds. The van der Waals surface area contributed by atoms with Gasteiger partial charge in [0.15, 0.2) is 0 Å². The Hall–Kier alpha value is -3.52. The van der Waals surface area contributed by atoms with Crippen molar-refractivity contribution in [1.82, 2.24) is 19.5 Å². The lowest BCUT2D eigenvalue weighted by atomic mass is 10.1. The summed E-state index contributed by atoms with van der Waals surface area (Å²) in [5, 5.41) is 7.01. The maximum atomic E-state index is 12.8. The smallest absolute Gasteiger partial charge is 0.274 e. The van der Waals surface area contributed by atoms with Gasteiger partial charge >= 0.3 is 0 Å². The van der Waals surface area contributed by atoms with Gasteiger partial charge in [-0.25, -0.2) is 4.98 Å². The van der Waals surface area contributed by atoms with Crippen LogP contribution in [0.1, 0.15) is 28.4 Å². The van der Waals surface area contributed by atoms with Crippen LogP contribution in [0.5, 0.6) is 0 Å². The summed E-state index contributed by atoms with van der Waals surface area (Å²) < 4.78 is 12.1. The predicted molar refractivity (Wildman–Crippen MR) is 108 cm³/mol. The highest BCUT2D eigenvalue weighted by molar-refractivity contribution is 6.04. The molecule has 4 rings (SSSR count). The van der Waals surface area contributed by atoms with Crippen molar-refractivity contribution in [2.24, 2.45) is 0 Å². The Morgan fingerprint density at radius 1 is 1.28 bits per heavy atom. The molecule has 3 aromatic heterocycles. The van der Waals surface area contributed by atoms with Gasteiger partial charge in [0.05, 0.1) is 6.20 Å². The van der Waals surface area contributed by atoms with E-state index in [1.807, 2.05) is 49.5 Å². The molecular formula is C21H21N5O3. The molecule has 148 valence electrons. The molecule has 0 spiro atoms. The first-order valence-electron chi connectivity index (χ1n) is 9.31. The first kappa shape index (κ1) is 18.8. The zero-order valence-electron chi connectivity index (χ0n) is 16.3. The van der Waals surface area contributed by atoms with Crippen molar-refractivity contribution < 1.29 is 14.1 Å². The van der Waals surface area contributed by atoms with Crippen molar-refractivity contribution >= 4 is 17.2 Å². The molecule has 8 heteroatoms. The first-order chi connectivity index (χ1) is 14.2. The molecule has 0 aliphatic heterocycles. The molecule has 0 unspecified atom stereocenters. The minimum absolute atomic E-state index is 0.239. The summed E-state index contributed by atoms with van der Waals surface area (Å²) in [4.78, 5) is 21.5. The standard InChI is InChI=1S/C21H21N5O3/c1-14-8-9-15(20-24-19(29-25-20)7-5-11-28-2)12-16(14)23-21(27)17-13-22-18-6-3-4-10-26(17)18/h3-4,6,8-10,12-13H,5,7,11H2,1-2H3,(H,23,27). The second-order valence-corrected chi connectivity index (χ2v) is 6.66. The molecule has 0 saturated carbocycles. The van der Waals surface area contributed by atoms with Crippen LogP contribution < -0.4 is 5.32 Å². The van der Waals surface area contributed by atoms with Crippen molar-refractivity contribution in [1.29, 1.82) is 0 Å². The second kappa shape index (κ2) is 8.24. The van der Waals surface area contributed by atoms with Gasteiger partial charge in [-0.1, -0.05) is 23.4 Å². The van der Waals surface area contributed by atoms with Gasteiger partial charge in [-0.15, -0.1) is 0 Å². The lowest BCUT2D eigenvalue weighted by molar-refractivity contribution is 0.102. The number of aromatic nitrogens is 4. The van der Waals surface area contributed by atoms with E-state index in [1.165, 1.54) is 0 Å². The van der Waals surface area contributed by atoms with Crippen LogP contribution in [0.3, 0.4) is 0 Å². The van der Waals surface area contributed by atoms with Gasteiger partial charge in [0.2, 0.25) is 11.7 Å². The number of hydrogen-bond acceptors (Lipinski definition) is 6. The number of ether oxygens (including phenoxy) is 1. The molecule has 0 bridgehead atoms. The summed E-state index contributed by atoms with van der Waals surface area (Å²) in [6, 6.07) is 11.3. The van der Waals surface area contributed by atoms with Crippen LogP contribution in [-0.2, 0) is 11.2 Å². The van der Waals surface area contributed by atoms with E-state index in [9.17, 15) is 4.79 Å². The fraction of sp³-hybridized carbons (Fsp3) is 0.238. The maximum Gasteiger partial charge on any atom is 0.274 e. The molecule has 0 aliphatic rings. The minimum Gasteiger partial charge on any atom is -0.385 e. The van der Waals surface area contributed by atoms with E-state index in [4.69, 9.17) is 9.26 Å². The number of fused-ring (bicyclic) bond motifs is 1. The Labute approximate surface area is 167 Å². The van der Waals surface area contributed by atoms with E-state index in [-0.39, 0.29) is 5.91 Å². The number of rotatable bonds is 7. The lowest BCUT2D eigenvalue weighted by Crippen LogP contribution is -2.15. The molecule has 3 heterocycles. The number of carbonyl (C=O) groups is 1. The highest BCUT2D eigenvalue weighted by Crippen LogP contribution is 2.24. The van der Waals surface area contributed by atoms with Crippen molar-refractivity contribution in [2.45, 2.75) is 19.8 Å². The van der Waals surface area contributed by atoms with Gasteiger partial charge in [-0.3, -0.25) is 9.20 Å². The molecular weight excluding hydrogens is 370 g/mol. The molecule has 0 fully saturated rings. The van der Waals surface area contributed by atoms with Gasteiger partial charge in [0.1, 0.15) is 11.3 Å². The van der Waals surface area contributed by atoms with Gasteiger partial charge in [0.25, 0.3) is 5.91 Å². The number of nitrogens with zero attached hydrogens (tertiary/aromatic N) is 4. The van der Waals surface area contributed by atoms with E-state index in [0.717, 1.165) is 23.2 Å². The van der Waals surface area contributed by atoms with Crippen LogP contribution in [0.4, 0.5) is 5.69 Å². The monoisotopic (exact) mass is 391 g/mol. The summed E-state index contributed by atoms with van der Waals surface area (Å²) in [6.45, 7) is 2.57. The molecule has 0 saturated heterocycles. The van der Waals surface area contributed by atoms with Crippen LogP contribution in [0.2, 0.25) is 0 Å². The minimum atomic E-state index is -0.239. The molecule has 0 atom stereocenters. The van der Waals surface area contributed by atoms with Crippen molar-refractivity contribution in [3.63, 3.8) is 0 Å². The highest BCUT2D eigenvalue weighted by Gasteiger charge is 2.15. The number of anilines is 1. The lowest BCUT2D eigenvalue weighted by Gasteiger charge is -2.09. The average molecular weight is 391 g/mol. The van der Waals surface area contributed by atoms with E-state index < -0.39 is 0 Å². The Morgan fingerprint density at radius 3 is 3.03 bits per heavy atom. The molecule has 0 aliphatic carbocycles. The number of benzene rings is 1. The summed E-state index contributed by atoms with van der Waals surface area (Å²) >= 11 is 0. The summed E-state index contributed by atoms with van der Waals surface area (Å²) in [5.74, 6) is 0.814. The van der Waals surface area contributed by atoms with Gasteiger partial charge in [-0.05, 0) is 37.1 Å². The van der Waals surface area contributed by atoms with Crippen LogP contribution >= 0.6 is 0 Å². The number of methoxy groups -OCH3 is 1. The molecule has 29 heavy (non-hydrogen) atoms. The van der Waals surface area contributed by atoms with Crippen molar-refractivity contribution in [3.05, 3.63) is 65.9 Å². The Morgan fingerprint density at radius 2 is 2.17 bits per heavy atom. The van der Waals surface area contributed by atoms with Crippen LogP contribution in [-0.4, -0.2) is 39.1 Å². The third-order valence-corrected chi connectivity index (χ3v) is 4.60. The Kier molecular flexibility index (Phi) is 5.35. The zero-order chi connectivity index (χ0) is 20.2. The molecule has 1 N–H and O–H groups in total. The SMILES string of the molecule is COCCCc1nc(-c2ccc(C)c(NC(=O)c3cnc4ccccn34)c2)no1. The number of aryl methyl sites for hydroxylation is 2. The fourth-order valence-electron chi connectivity index (χ4n) is 3.02. The normalized spacial score (nSPS) is 11.1. The quantitative estimate of drug-likeness (QED) is 0.484. The van der Waals surface area contributed by atoms with E-state index in [0.29, 0.717) is 36.1 Å². The average Bonchev–Trinajstić information content (AvgIpc) is 3.37. The van der Waals surface area contributed by atoms with Crippen LogP contribution in [0, 0.1) is 6.92 Å². The Balaban J connectivity index is 1.55. The summed E-state index contributed by atoms with van der Waals surface area (Å²) in [7, 11) is 1.66. The third-order valence-electron chi connectivity index (χ3n) is 4.60. The summed E-state index contributed by atoms with van der Waals surface area (Å²) in [5.41, 5.74) is 3.57. The number of imidazole rings is 1. The van der Waals surface area contributed by atoms with Crippen LogP contribution in [0.25, 0.3) is 17.0 Å². The number of amides is 1. The number of hydrogen-bond donors (Lipinski definition) is 1. The largest absolute Gasteiger partial charge is 0.385 e. The van der Waals surface area contributed by atoms with Gasteiger partial charge in [0, 0.05) is 37.6 Å². The Bertz CT molecular complexity index is 1150. The second-order valence-electron chi connectivity index (χ2n) is 6.66. The van der Waals surface area contributed by atoms with Crippen LogP contribution in [0.15, 0.2) is 53.3 Å². The molecule has 8 nitrogen and oxygen atoms in total. The van der Waals surface area contributed by atoms with Crippen molar-refractivity contribution in [3.8, 4) is 11.4 Å². The third kappa shape index (κ3) is 4.02. The molecule has 4 aromatic rings. The van der Waals surface area contributed by atoms with E-state index in [1.54, 1.807) is 17.7 Å². The van der Waals surface area contributed by atoms with E-state index in [2.05, 4.69) is 20.4 Å². The zero-order valence-corrected chi connectivity index (χ0v) is 16.3. The fourth-order valence-corrected chi connectivity index (χ4v) is 3.02. The number of carbonyl (C=O) groups excluding carboxylic acids is 1. The topological polar surface area (TPSA) is 94.5 Å². The predicted octanol–water partition coefficient (Wildman–Crippen LogP) is 3.52. The van der Waals surface area contributed by atoms with Gasteiger partial charge in [-0.2, -0.15) is 4.98 Å². The number of nitrogens with one attached hydrogen (secondary N) is 1. The van der Waals surface area contributed by atoms with Crippen molar-refractivity contribution in [2.75, 3.05) is 19.0 Å².